The van der Waals surface area contributed by atoms with Crippen molar-refractivity contribution >= 4 is 149 Å². The number of hydrogen-bond acceptors (Lipinski definition) is 4. The van der Waals surface area contributed by atoms with Crippen LogP contribution in [-0.4, -0.2) is 37.8 Å². The van der Waals surface area contributed by atoms with E-state index in [1.807, 2.05) is 0 Å². The Bertz CT molecular complexity index is 7580. The summed E-state index contributed by atoms with van der Waals surface area (Å²) in [7, 11) is 10.6. The van der Waals surface area contributed by atoms with Crippen LogP contribution in [0.1, 0.15) is 69.7 Å². The summed E-state index contributed by atoms with van der Waals surface area (Å²) in [6.45, 7) is 26.4. The first-order chi connectivity index (χ1) is 58.7. The summed E-state index contributed by atoms with van der Waals surface area (Å²) in [5, 5.41) is 15.9. The molecule has 0 spiro atoms. The molecular weight excluding hydrogens is 1480 g/mol. The molecule has 8 aromatic heterocycles. The van der Waals surface area contributed by atoms with Gasteiger partial charge in [0.05, 0.1) is 69.8 Å². The predicted octanol–water partition coefficient (Wildman–Crippen LogP) is 24.3. The molecule has 0 aliphatic carbocycles. The fraction of sp³-hybridized carbons (Fsp3) is 0.174. The largest absolute Gasteiger partial charge is 0.353 e. The number of aryl methyl sites for hydroxylation is 13. The Morgan fingerprint density at radius 3 is 1.20 bits per heavy atom. The van der Waals surface area contributed by atoms with E-state index in [2.05, 4.69) is 496 Å². The zero-order valence-corrected chi connectivity index (χ0v) is 72.6. The SMILES string of the molecule is Cc1cccc2c3ccccc3c3c(C)c(C)n(C)[n+]3c12.Cc1cccc2c3ccccc3c3c(C)c[n+](C)n3c12.Cc1cccc2c3ccccc3c3cc(C)n(C)[n+]3c12.Cc1cccc2c3ccccc3c3cc[n+](C)n3c12.Cc1ccccc1N1c2ccccc2N(C)[C@H]1C.Cc1ccccc1N1c2ccccc2N(c2ccccc2)[C@H]1C. The van der Waals surface area contributed by atoms with E-state index in [0.717, 1.165) is 0 Å². The fourth-order valence-electron chi connectivity index (χ4n) is 19.4. The van der Waals surface area contributed by atoms with Crippen molar-refractivity contribution in [2.75, 3.05) is 26.6 Å². The molecule has 2 aliphatic heterocycles. The Balaban J connectivity index is 0.0000000995. The number of rotatable bonds is 3. The van der Waals surface area contributed by atoms with Gasteiger partial charge in [0.15, 0.2) is 26.5 Å². The zero-order chi connectivity index (χ0) is 83.9. The monoisotopic (exact) mass is 1580 g/mol. The molecule has 0 fully saturated rings. The highest BCUT2D eigenvalue weighted by Crippen LogP contribution is 2.49. The quantitative estimate of drug-likeness (QED) is 0.131. The van der Waals surface area contributed by atoms with Crippen molar-refractivity contribution in [2.45, 2.75) is 95.4 Å². The van der Waals surface area contributed by atoms with Gasteiger partial charge in [-0.2, -0.15) is 9.36 Å². The number of aromatic nitrogens is 8. The van der Waals surface area contributed by atoms with Gasteiger partial charge in [-0.3, -0.25) is 0 Å². The third-order valence-electron chi connectivity index (χ3n) is 25.7. The third-order valence-corrected chi connectivity index (χ3v) is 25.7. The lowest BCUT2D eigenvalue weighted by atomic mass is 10.0. The second-order valence-corrected chi connectivity index (χ2v) is 33.0. The van der Waals surface area contributed by atoms with Crippen LogP contribution >= 0.6 is 0 Å². The highest BCUT2D eigenvalue weighted by molar-refractivity contribution is 6.15. The molecule has 121 heavy (non-hydrogen) atoms. The first-order valence-electron chi connectivity index (χ1n) is 42.3. The molecule has 12 nitrogen and oxygen atoms in total. The first-order valence-corrected chi connectivity index (χ1v) is 42.3. The summed E-state index contributed by atoms with van der Waals surface area (Å²) >= 11 is 0. The molecular formula is C109H106N12+4. The van der Waals surface area contributed by atoms with Crippen LogP contribution in [0.3, 0.4) is 0 Å². The Morgan fingerprint density at radius 1 is 0.273 bits per heavy atom. The zero-order valence-electron chi connectivity index (χ0n) is 72.6. The van der Waals surface area contributed by atoms with Gasteiger partial charge < -0.3 is 19.6 Å². The maximum absolute atomic E-state index is 2.43. The second kappa shape index (κ2) is 31.6. The molecule has 598 valence electrons. The average molecular weight is 1580 g/mol. The average Bonchev–Trinajstić information content (AvgIpc) is 1.60. The van der Waals surface area contributed by atoms with E-state index in [-0.39, 0.29) is 6.17 Å². The summed E-state index contributed by atoms with van der Waals surface area (Å²) in [6, 6.07) is 110. The molecule has 0 saturated heterocycles. The number of nitrogens with zero attached hydrogens (tertiary/aromatic N) is 12. The first kappa shape index (κ1) is 78.1. The normalized spacial score (nSPS) is 13.6. The molecule has 0 radical (unpaired) electrons. The minimum absolute atomic E-state index is 0.232. The van der Waals surface area contributed by atoms with Crippen molar-refractivity contribution in [1.82, 2.24) is 18.4 Å². The maximum Gasteiger partial charge on any atom is 0.249 e. The highest BCUT2D eigenvalue weighted by atomic mass is 15.4. The number of benzene rings is 13. The number of hydrogen-bond donors (Lipinski definition) is 0. The van der Waals surface area contributed by atoms with Gasteiger partial charge in [-0.1, -0.05) is 233 Å². The molecule has 0 saturated carbocycles. The Hall–Kier alpha value is -14.1. The third kappa shape index (κ3) is 13.1. The molecule has 0 amide bonds. The van der Waals surface area contributed by atoms with Crippen LogP contribution in [-0.2, 0) is 28.2 Å². The molecule has 0 N–H and O–H groups in total. The lowest BCUT2D eigenvalue weighted by molar-refractivity contribution is -0.735. The van der Waals surface area contributed by atoms with Crippen molar-refractivity contribution in [1.29, 1.82) is 0 Å². The highest BCUT2D eigenvalue weighted by Gasteiger charge is 2.36. The number of para-hydroxylation sites is 11. The molecule has 13 aromatic carbocycles. The van der Waals surface area contributed by atoms with Crippen LogP contribution in [0.2, 0.25) is 0 Å². The van der Waals surface area contributed by atoms with E-state index in [9.17, 15) is 0 Å². The molecule has 2 atom stereocenters. The maximum atomic E-state index is 2.43. The van der Waals surface area contributed by atoms with E-state index in [4.69, 9.17) is 0 Å². The minimum Gasteiger partial charge on any atom is -0.353 e. The van der Waals surface area contributed by atoms with Gasteiger partial charge >= 0.3 is 0 Å². The van der Waals surface area contributed by atoms with Crippen LogP contribution in [0, 0.1) is 69.2 Å². The van der Waals surface area contributed by atoms with Crippen LogP contribution in [0.15, 0.2) is 322 Å². The standard InChI is InChI=1S/C21H20N2.C19H19N2.2C18H17N2.C17H15N2.C16H18N2/c1-16-10-6-7-13-19(16)23-17(2)22(18-11-4-3-5-12-18)20-14-8-9-15-21(20)23;1-12-8-7-11-16-15-9-5-6-10-17(15)19-13(2)14(3)20(4)21(19)18(12)16;1-12-7-6-10-16-14-8-4-5-9-15(14)18-13(2)11-19(3)20(18)17(12)16;1-12-7-6-10-16-14-8-4-5-9-15(14)17-11-13(2)19(3)20(17)18(12)16;1-12-6-5-9-15-13-7-3-4-8-14(13)16-10-11-18(2)19(16)17(12)15;1-12-8-4-5-9-14(12)18-13(2)17(3)15-10-6-7-11-16(15)18/h3-15,17H,1-2H3;5-11H,1-4H3;2*4-11H,1-3H3;3-11H,1-2H3;4-11,13H,1-3H3/q;4*+1;/t17-;;;;;13-/m1....1/s1. The van der Waals surface area contributed by atoms with Gasteiger partial charge in [0.25, 0.3) is 0 Å². The summed E-state index contributed by atoms with van der Waals surface area (Å²) in [5.74, 6) is 0. The van der Waals surface area contributed by atoms with E-state index in [1.54, 1.807) is 0 Å². The summed E-state index contributed by atoms with van der Waals surface area (Å²) < 4.78 is 18.2. The van der Waals surface area contributed by atoms with E-state index < -0.39 is 0 Å². The van der Waals surface area contributed by atoms with Gasteiger partial charge in [0.1, 0.15) is 34.4 Å². The lowest BCUT2D eigenvalue weighted by Crippen LogP contribution is -2.35. The van der Waals surface area contributed by atoms with Gasteiger partial charge in [0, 0.05) is 90.8 Å². The van der Waals surface area contributed by atoms with E-state index in [0.29, 0.717) is 6.17 Å². The molecule has 10 heterocycles. The van der Waals surface area contributed by atoms with Crippen LogP contribution in [0.5, 0.6) is 0 Å². The van der Waals surface area contributed by atoms with Crippen molar-refractivity contribution in [3.63, 3.8) is 0 Å². The van der Waals surface area contributed by atoms with Gasteiger partial charge in [-0.05, 0) is 189 Å². The van der Waals surface area contributed by atoms with E-state index >= 15 is 0 Å². The second-order valence-electron chi connectivity index (χ2n) is 33.0. The molecule has 21 aromatic rings. The summed E-state index contributed by atoms with van der Waals surface area (Å²) in [6.07, 6.45) is 4.90. The van der Waals surface area contributed by atoms with Crippen molar-refractivity contribution in [3.8, 4) is 0 Å². The molecule has 2 aliphatic rings. The van der Waals surface area contributed by atoms with Crippen LogP contribution in [0.25, 0.3) is 109 Å². The fourth-order valence-corrected chi connectivity index (χ4v) is 19.4. The van der Waals surface area contributed by atoms with Crippen molar-refractivity contribution in [2.24, 2.45) is 28.2 Å². The van der Waals surface area contributed by atoms with Crippen molar-refractivity contribution in [3.05, 3.63) is 378 Å². The Kier molecular flexibility index (Phi) is 20.4. The molecule has 0 unspecified atom stereocenters. The molecule has 0 bridgehead atoms. The minimum atomic E-state index is 0.232. The smallest absolute Gasteiger partial charge is 0.249 e. The lowest BCUT2D eigenvalue weighted by Gasteiger charge is -2.31. The number of anilines is 7. The van der Waals surface area contributed by atoms with E-state index in [1.165, 1.54) is 204 Å². The Morgan fingerprint density at radius 2 is 0.645 bits per heavy atom. The molecule has 12 heteroatoms. The number of pyridine rings is 4. The van der Waals surface area contributed by atoms with Crippen LogP contribution in [0.4, 0.5) is 39.8 Å². The molecule has 23 rings (SSSR count). The van der Waals surface area contributed by atoms with Gasteiger partial charge in [-0.15, -0.1) is 18.4 Å². The summed E-state index contributed by atoms with van der Waals surface area (Å²) in [4.78, 5) is 9.56. The van der Waals surface area contributed by atoms with Crippen LogP contribution < -0.4 is 38.0 Å². The topological polar surface area (TPSA) is 47.6 Å². The van der Waals surface area contributed by atoms with Gasteiger partial charge in [0.2, 0.25) is 22.1 Å². The summed E-state index contributed by atoms with van der Waals surface area (Å²) in [5.41, 5.74) is 32.4. The van der Waals surface area contributed by atoms with Crippen molar-refractivity contribution < 1.29 is 18.4 Å². The number of fused-ring (bicyclic) bond motifs is 26. The Labute approximate surface area is 708 Å². The van der Waals surface area contributed by atoms with Gasteiger partial charge in [-0.25, -0.2) is 0 Å². The predicted molar refractivity (Wildman–Crippen MR) is 508 cm³/mol.